The molecule has 0 amide bonds. The molecule has 0 radical (unpaired) electrons. The molecule has 0 bridgehead atoms. The summed E-state index contributed by atoms with van der Waals surface area (Å²) in [5, 5.41) is 18.6. The molecule has 0 aliphatic heterocycles. The van der Waals surface area contributed by atoms with Crippen molar-refractivity contribution < 1.29 is 13.5 Å². The van der Waals surface area contributed by atoms with Crippen LogP contribution in [0.4, 0.5) is 8.78 Å². The van der Waals surface area contributed by atoms with E-state index in [1.165, 1.54) is 16.7 Å². The Kier molecular flexibility index (Phi) is 5.87. The maximum atomic E-state index is 14.0. The fourth-order valence-corrected chi connectivity index (χ4v) is 3.67. The van der Waals surface area contributed by atoms with Gasteiger partial charge in [0.15, 0.2) is 5.57 Å². The van der Waals surface area contributed by atoms with E-state index >= 15 is 0 Å². The van der Waals surface area contributed by atoms with E-state index < -0.39 is 17.2 Å². The number of benzene rings is 2. The number of nitrogens with zero attached hydrogens (tertiary/aromatic N) is 3. The summed E-state index contributed by atoms with van der Waals surface area (Å²) in [6.45, 7) is 2.32. The lowest BCUT2D eigenvalue weighted by Gasteiger charge is -2.05. The molecule has 3 aromatic rings. The SMILES string of the molecule is CCOc1ccc(-n2c(=C(C#N)C#N)s/c(=C/c3ccc(F)cc3F)c2=O)cc1. The van der Waals surface area contributed by atoms with Gasteiger partial charge in [0, 0.05) is 11.6 Å². The van der Waals surface area contributed by atoms with E-state index in [0.717, 1.165) is 17.4 Å². The Bertz CT molecular complexity index is 1310. The number of halogens is 2. The smallest absolute Gasteiger partial charge is 0.273 e. The fraction of sp³-hybridized carbons (Fsp3) is 0.0952. The van der Waals surface area contributed by atoms with Gasteiger partial charge in [-0.3, -0.25) is 9.36 Å². The highest BCUT2D eigenvalue weighted by atomic mass is 32.1. The van der Waals surface area contributed by atoms with Gasteiger partial charge in [-0.2, -0.15) is 10.5 Å². The van der Waals surface area contributed by atoms with Gasteiger partial charge >= 0.3 is 0 Å². The zero-order valence-corrected chi connectivity index (χ0v) is 16.0. The Morgan fingerprint density at radius 3 is 2.45 bits per heavy atom. The van der Waals surface area contributed by atoms with E-state index in [9.17, 15) is 24.1 Å². The van der Waals surface area contributed by atoms with Crippen LogP contribution in [0.15, 0.2) is 47.3 Å². The molecule has 3 rings (SSSR count). The van der Waals surface area contributed by atoms with Gasteiger partial charge in [-0.05, 0) is 49.4 Å². The number of aromatic nitrogens is 1. The first kappa shape index (κ1) is 20.0. The van der Waals surface area contributed by atoms with E-state index in [-0.39, 0.29) is 20.3 Å². The van der Waals surface area contributed by atoms with Gasteiger partial charge in [-0.1, -0.05) is 0 Å². The Balaban J connectivity index is 2.30. The molecule has 144 valence electrons. The molecule has 0 saturated carbocycles. The lowest BCUT2D eigenvalue weighted by atomic mass is 10.2. The second-order valence-electron chi connectivity index (χ2n) is 5.75. The summed E-state index contributed by atoms with van der Waals surface area (Å²) in [6, 6.07) is 13.1. The minimum absolute atomic E-state index is 0.0191. The van der Waals surface area contributed by atoms with Gasteiger partial charge < -0.3 is 4.74 Å². The topological polar surface area (TPSA) is 78.8 Å². The third kappa shape index (κ3) is 4.08. The second kappa shape index (κ2) is 8.51. The third-order valence-electron chi connectivity index (χ3n) is 3.92. The largest absolute Gasteiger partial charge is 0.494 e. The summed E-state index contributed by atoms with van der Waals surface area (Å²) in [4.78, 5) is 13.0. The first-order valence-corrected chi connectivity index (χ1v) is 9.26. The summed E-state index contributed by atoms with van der Waals surface area (Å²) in [5.74, 6) is -0.953. The molecular weight excluding hydrogens is 396 g/mol. The molecule has 29 heavy (non-hydrogen) atoms. The highest BCUT2D eigenvalue weighted by Gasteiger charge is 2.12. The van der Waals surface area contributed by atoms with Crippen molar-refractivity contribution in [3.63, 3.8) is 0 Å². The van der Waals surface area contributed by atoms with E-state index in [1.807, 2.05) is 6.92 Å². The second-order valence-corrected chi connectivity index (χ2v) is 6.78. The first-order chi connectivity index (χ1) is 14.0. The standard InChI is InChI=1S/C21H13F2N3O2S/c1-2-28-17-7-5-16(6-8-17)26-20(27)19(29-21(26)14(11-24)12-25)9-13-3-4-15(22)10-18(13)23/h3-10H,2H2,1H3/b19-9+. The number of nitriles is 2. The van der Waals surface area contributed by atoms with Crippen molar-refractivity contribution >= 4 is 23.0 Å². The van der Waals surface area contributed by atoms with Gasteiger partial charge in [0.05, 0.1) is 16.8 Å². The molecule has 0 aliphatic rings. The number of hydrogen-bond acceptors (Lipinski definition) is 5. The molecule has 0 spiro atoms. The Morgan fingerprint density at radius 1 is 1.17 bits per heavy atom. The average Bonchev–Trinajstić information content (AvgIpc) is 3.02. The molecular formula is C21H13F2N3O2S. The van der Waals surface area contributed by atoms with Crippen molar-refractivity contribution in [2.24, 2.45) is 0 Å². The van der Waals surface area contributed by atoms with Gasteiger partial charge in [0.25, 0.3) is 5.56 Å². The average molecular weight is 409 g/mol. The lowest BCUT2D eigenvalue weighted by Crippen LogP contribution is -2.30. The predicted molar refractivity (Wildman–Crippen MR) is 105 cm³/mol. The molecule has 1 aromatic heterocycles. The van der Waals surface area contributed by atoms with E-state index in [0.29, 0.717) is 24.1 Å². The maximum absolute atomic E-state index is 14.0. The highest BCUT2D eigenvalue weighted by Crippen LogP contribution is 2.14. The summed E-state index contributed by atoms with van der Waals surface area (Å²) in [5.41, 5.74) is -0.335. The molecule has 0 N–H and O–H groups in total. The summed E-state index contributed by atoms with van der Waals surface area (Å²) in [6.07, 6.45) is 1.27. The Labute approximate surface area is 168 Å². The summed E-state index contributed by atoms with van der Waals surface area (Å²) in [7, 11) is 0. The van der Waals surface area contributed by atoms with Crippen LogP contribution in [0.3, 0.4) is 0 Å². The normalized spacial score (nSPS) is 11.0. The number of ether oxygens (including phenoxy) is 1. The Morgan fingerprint density at radius 2 is 1.86 bits per heavy atom. The van der Waals surface area contributed by atoms with Gasteiger partial charge in [-0.25, -0.2) is 8.78 Å². The fourth-order valence-electron chi connectivity index (χ4n) is 2.62. The van der Waals surface area contributed by atoms with E-state index in [1.54, 1.807) is 36.4 Å². The van der Waals surface area contributed by atoms with Crippen LogP contribution in [-0.2, 0) is 0 Å². The van der Waals surface area contributed by atoms with Crippen LogP contribution in [-0.4, -0.2) is 11.2 Å². The van der Waals surface area contributed by atoms with Gasteiger partial charge in [0.1, 0.15) is 34.2 Å². The third-order valence-corrected chi connectivity index (χ3v) is 5.01. The van der Waals surface area contributed by atoms with Gasteiger partial charge in [-0.15, -0.1) is 11.3 Å². The van der Waals surface area contributed by atoms with Crippen LogP contribution in [0.25, 0.3) is 17.3 Å². The Hall–Kier alpha value is -3.75. The van der Waals surface area contributed by atoms with Crippen molar-refractivity contribution in [2.45, 2.75) is 6.92 Å². The van der Waals surface area contributed by atoms with Crippen LogP contribution in [0.2, 0.25) is 0 Å². The lowest BCUT2D eigenvalue weighted by molar-refractivity contribution is 0.340. The van der Waals surface area contributed by atoms with Crippen molar-refractivity contribution in [2.75, 3.05) is 6.61 Å². The summed E-state index contributed by atoms with van der Waals surface area (Å²) < 4.78 is 34.0. The van der Waals surface area contributed by atoms with E-state index in [2.05, 4.69) is 0 Å². The molecule has 8 heteroatoms. The minimum atomic E-state index is -0.822. The highest BCUT2D eigenvalue weighted by molar-refractivity contribution is 7.07. The molecule has 0 saturated heterocycles. The molecule has 1 heterocycles. The minimum Gasteiger partial charge on any atom is -0.494 e. The van der Waals surface area contributed by atoms with Crippen molar-refractivity contribution in [1.82, 2.24) is 4.57 Å². The van der Waals surface area contributed by atoms with Crippen molar-refractivity contribution in [3.05, 3.63) is 79.2 Å². The molecule has 2 aromatic carbocycles. The van der Waals surface area contributed by atoms with Crippen LogP contribution in [0.5, 0.6) is 5.75 Å². The van der Waals surface area contributed by atoms with Crippen LogP contribution < -0.4 is 19.5 Å². The van der Waals surface area contributed by atoms with Crippen molar-refractivity contribution in [3.8, 4) is 23.6 Å². The number of thiazole rings is 1. The zero-order valence-electron chi connectivity index (χ0n) is 15.1. The van der Waals surface area contributed by atoms with Crippen LogP contribution in [0.1, 0.15) is 12.5 Å². The van der Waals surface area contributed by atoms with Gasteiger partial charge in [0.2, 0.25) is 0 Å². The molecule has 0 unspecified atom stereocenters. The quantitative estimate of drug-likeness (QED) is 0.664. The maximum Gasteiger partial charge on any atom is 0.273 e. The number of hydrogen-bond donors (Lipinski definition) is 0. The zero-order chi connectivity index (χ0) is 21.0. The predicted octanol–water partition coefficient (Wildman–Crippen LogP) is 2.60. The van der Waals surface area contributed by atoms with Crippen LogP contribution in [0, 0.1) is 34.3 Å². The molecule has 5 nitrogen and oxygen atoms in total. The molecule has 0 fully saturated rings. The van der Waals surface area contributed by atoms with Crippen molar-refractivity contribution in [1.29, 1.82) is 10.5 Å². The van der Waals surface area contributed by atoms with Crippen LogP contribution >= 0.6 is 11.3 Å². The monoisotopic (exact) mass is 409 g/mol. The van der Waals surface area contributed by atoms with E-state index in [4.69, 9.17) is 4.74 Å². The molecule has 0 aliphatic carbocycles. The number of rotatable bonds is 4. The summed E-state index contributed by atoms with van der Waals surface area (Å²) >= 11 is 0.882. The first-order valence-electron chi connectivity index (χ1n) is 8.45. The molecule has 0 atom stereocenters.